The van der Waals surface area contributed by atoms with E-state index in [9.17, 15) is 9.90 Å². The zero-order valence-corrected chi connectivity index (χ0v) is 29.5. The zero-order chi connectivity index (χ0) is 30.5. The quantitative estimate of drug-likeness (QED) is 0.105. The Morgan fingerprint density at radius 3 is 2.10 bits per heavy atom. The van der Waals surface area contributed by atoms with Crippen LogP contribution in [0.2, 0.25) is 0 Å². The largest absolute Gasteiger partial charge is 0.512 e. The Morgan fingerprint density at radius 1 is 0.952 bits per heavy atom. The third-order valence-corrected chi connectivity index (χ3v) is 8.96. The molecule has 2 aromatic carbocycles. The minimum atomic E-state index is -0.337. The molecule has 42 heavy (non-hydrogen) atoms. The van der Waals surface area contributed by atoms with E-state index in [4.69, 9.17) is 9.40 Å². The second-order valence-electron chi connectivity index (χ2n) is 12.2. The van der Waals surface area contributed by atoms with E-state index < -0.39 is 0 Å². The molecule has 2 aromatic heterocycles. The Morgan fingerprint density at radius 2 is 1.55 bits per heavy atom. The summed E-state index contributed by atoms with van der Waals surface area (Å²) in [6.07, 6.45) is 4.75. The topological polar surface area (TPSA) is 63.3 Å². The van der Waals surface area contributed by atoms with Gasteiger partial charge in [0.15, 0.2) is 5.78 Å². The fraction of sp³-hybridized carbons (Fsp3) is 0.459. The second kappa shape index (κ2) is 14.6. The van der Waals surface area contributed by atoms with Crippen LogP contribution in [0.1, 0.15) is 104 Å². The maximum Gasteiger partial charge on any atom is 0.164 e. The van der Waals surface area contributed by atoms with Crippen LogP contribution in [0.4, 0.5) is 0 Å². The number of rotatable bonds is 9. The molecule has 229 valence electrons. The summed E-state index contributed by atoms with van der Waals surface area (Å²) in [5.74, 6) is 1.62. The number of hydrogen-bond acceptors (Lipinski definition) is 4. The summed E-state index contributed by atoms with van der Waals surface area (Å²) in [4.78, 5) is 17.1. The molecule has 5 heteroatoms. The van der Waals surface area contributed by atoms with Gasteiger partial charge in [-0.25, -0.2) is 0 Å². The molecule has 0 atom stereocenters. The van der Waals surface area contributed by atoms with Crippen molar-refractivity contribution < 1.29 is 34.4 Å². The van der Waals surface area contributed by atoms with E-state index in [0.29, 0.717) is 5.92 Å². The van der Waals surface area contributed by atoms with Crippen molar-refractivity contribution in [3.05, 3.63) is 77.3 Å². The van der Waals surface area contributed by atoms with Crippen LogP contribution in [-0.4, -0.2) is 15.9 Å². The molecule has 0 saturated heterocycles. The molecule has 0 aliphatic heterocycles. The molecular formula is C37H48IrNO3-. The number of hydrogen-bond donors (Lipinski definition) is 1. The number of aliphatic hydroxyl groups excluding tert-OH is 1. The van der Waals surface area contributed by atoms with Gasteiger partial charge in [-0.1, -0.05) is 81.4 Å². The van der Waals surface area contributed by atoms with Crippen molar-refractivity contribution >= 4 is 27.7 Å². The number of furan rings is 1. The van der Waals surface area contributed by atoms with Crippen molar-refractivity contribution in [3.8, 4) is 11.3 Å². The molecule has 0 amide bonds. The van der Waals surface area contributed by atoms with Crippen molar-refractivity contribution in [2.24, 2.45) is 10.8 Å². The van der Waals surface area contributed by atoms with Gasteiger partial charge in [0.2, 0.25) is 0 Å². The Kier molecular flexibility index (Phi) is 12.3. The second-order valence-corrected chi connectivity index (χ2v) is 12.2. The first-order valence-corrected chi connectivity index (χ1v) is 15.1. The normalized spacial score (nSPS) is 12.3. The average molecular weight is 747 g/mol. The summed E-state index contributed by atoms with van der Waals surface area (Å²) in [5.41, 5.74) is 5.60. The molecule has 0 unspecified atom stereocenters. The fourth-order valence-electron chi connectivity index (χ4n) is 4.93. The summed E-state index contributed by atoms with van der Waals surface area (Å²) in [5, 5.41) is 12.3. The monoisotopic (exact) mass is 747 g/mol. The van der Waals surface area contributed by atoms with Crippen molar-refractivity contribution in [3.63, 3.8) is 0 Å². The van der Waals surface area contributed by atoms with Gasteiger partial charge >= 0.3 is 0 Å². The first kappa shape index (κ1) is 35.4. The van der Waals surface area contributed by atoms with Crippen LogP contribution in [0.5, 0.6) is 0 Å². The standard InChI is InChI=1S/C22H20NO.C15H28O2.Ir/c1-13(2)20-12-18-21(16-10-14(3)9-15(4)11-16)23-19-8-6-5-7-17(19)22(18)24-20;1-7-14(5,8-2)12(16)11-13(17)15(6,9-3)10-4;/h5-10,12-13H,1-4H3;11,16H,7-10H2,1-6H3;/q-1;;/b;12-11-;. The van der Waals surface area contributed by atoms with Gasteiger partial charge in [-0.05, 0) is 49.6 Å². The number of allylic oxidation sites excluding steroid dienone is 2. The minimum Gasteiger partial charge on any atom is -0.512 e. The number of ketones is 1. The number of carbonyl (C=O) groups is 1. The number of aromatic nitrogens is 1. The first-order chi connectivity index (χ1) is 19.3. The predicted octanol–water partition coefficient (Wildman–Crippen LogP) is 10.8. The maximum absolute atomic E-state index is 12.2. The predicted molar refractivity (Wildman–Crippen MR) is 172 cm³/mol. The number of pyridine rings is 1. The molecule has 4 nitrogen and oxygen atoms in total. The first-order valence-electron chi connectivity index (χ1n) is 15.1. The molecule has 0 spiro atoms. The van der Waals surface area contributed by atoms with E-state index >= 15 is 0 Å². The summed E-state index contributed by atoms with van der Waals surface area (Å²) in [7, 11) is 0. The number of benzene rings is 2. The molecule has 0 fully saturated rings. The van der Waals surface area contributed by atoms with E-state index in [1.165, 1.54) is 11.6 Å². The molecule has 1 N–H and O–H groups in total. The van der Waals surface area contributed by atoms with Gasteiger partial charge in [-0.3, -0.25) is 9.78 Å². The Labute approximate surface area is 266 Å². The van der Waals surface area contributed by atoms with Crippen LogP contribution in [-0.2, 0) is 24.9 Å². The van der Waals surface area contributed by atoms with Gasteiger partial charge < -0.3 is 9.52 Å². The van der Waals surface area contributed by atoms with E-state index in [1.54, 1.807) is 0 Å². The maximum atomic E-state index is 12.2. The van der Waals surface area contributed by atoms with Gasteiger partial charge in [0.05, 0.1) is 5.52 Å². The van der Waals surface area contributed by atoms with Crippen LogP contribution < -0.4 is 0 Å². The molecule has 0 aliphatic rings. The van der Waals surface area contributed by atoms with Crippen LogP contribution in [0.3, 0.4) is 0 Å². The molecule has 0 saturated carbocycles. The fourth-order valence-corrected chi connectivity index (χ4v) is 4.93. The van der Waals surface area contributed by atoms with Gasteiger partial charge in [-0.15, -0.1) is 34.9 Å². The average Bonchev–Trinajstić information content (AvgIpc) is 3.42. The van der Waals surface area contributed by atoms with Crippen LogP contribution in [0.15, 0.2) is 58.7 Å². The van der Waals surface area contributed by atoms with Gasteiger partial charge in [-0.2, -0.15) is 0 Å². The summed E-state index contributed by atoms with van der Waals surface area (Å²) >= 11 is 0. The summed E-state index contributed by atoms with van der Waals surface area (Å²) < 4.78 is 6.21. The van der Waals surface area contributed by atoms with Crippen LogP contribution >= 0.6 is 0 Å². The number of para-hydroxylation sites is 1. The van der Waals surface area contributed by atoms with Crippen LogP contribution in [0.25, 0.3) is 33.1 Å². The number of fused-ring (bicyclic) bond motifs is 3. The zero-order valence-electron chi connectivity index (χ0n) is 27.1. The molecule has 1 radical (unpaired) electrons. The number of aryl methyl sites for hydroxylation is 2. The Bertz CT molecular complexity index is 1520. The van der Waals surface area contributed by atoms with Crippen molar-refractivity contribution in [2.45, 2.75) is 101 Å². The molecule has 0 bridgehead atoms. The number of carbonyl (C=O) groups excluding carboxylic acids is 1. The third-order valence-electron chi connectivity index (χ3n) is 8.96. The van der Waals surface area contributed by atoms with Gasteiger partial charge in [0, 0.05) is 53.7 Å². The minimum absolute atomic E-state index is 0. The molecular weight excluding hydrogens is 699 g/mol. The molecule has 2 heterocycles. The van der Waals surface area contributed by atoms with E-state index in [-0.39, 0.29) is 42.5 Å². The number of nitrogens with zero attached hydrogens (tertiary/aromatic N) is 1. The van der Waals surface area contributed by atoms with Crippen molar-refractivity contribution in [1.29, 1.82) is 0 Å². The van der Waals surface area contributed by atoms with Crippen molar-refractivity contribution in [2.75, 3.05) is 0 Å². The number of aliphatic hydroxyl groups is 1. The van der Waals surface area contributed by atoms with E-state index in [1.807, 2.05) is 59.7 Å². The Hall–Kier alpha value is -2.75. The van der Waals surface area contributed by atoms with Gasteiger partial charge in [0.1, 0.15) is 17.1 Å². The Balaban J connectivity index is 0.000000307. The van der Waals surface area contributed by atoms with E-state index in [0.717, 1.165) is 70.1 Å². The third kappa shape index (κ3) is 7.60. The smallest absolute Gasteiger partial charge is 0.164 e. The van der Waals surface area contributed by atoms with E-state index in [2.05, 4.69) is 58.0 Å². The SMILES string of the molecule is CCC(C)(CC)C(=O)/C=C(\O)C(C)(CC)CC.Cc1[c-]c(-c2nc3ccccc3c3oc(C(C)C)cc23)cc(C)c1.[Ir]. The van der Waals surface area contributed by atoms with Crippen molar-refractivity contribution in [1.82, 2.24) is 4.98 Å². The van der Waals surface area contributed by atoms with Crippen LogP contribution in [0, 0.1) is 30.7 Å². The summed E-state index contributed by atoms with van der Waals surface area (Å²) in [6, 6.07) is 18.0. The molecule has 4 aromatic rings. The van der Waals surface area contributed by atoms with Gasteiger partial charge in [0.25, 0.3) is 0 Å². The summed E-state index contributed by atoms with van der Waals surface area (Å²) in [6.45, 7) is 20.6. The molecule has 0 aliphatic carbocycles. The molecule has 4 rings (SSSR count).